The molecule has 0 fully saturated rings. The molecule has 2 aromatic rings. The van der Waals surface area contributed by atoms with Crippen molar-refractivity contribution in [2.75, 3.05) is 7.11 Å². The zero-order chi connectivity index (χ0) is 16.1. The Balaban J connectivity index is 2.50. The summed E-state index contributed by atoms with van der Waals surface area (Å²) in [5.41, 5.74) is 6.29. The number of ether oxygens (including phenoxy) is 1. The molecule has 6 nitrogen and oxygen atoms in total. The van der Waals surface area contributed by atoms with E-state index in [0.717, 1.165) is 0 Å². The SMILES string of the molecule is COc1cc(N=C(C(N)=O)c2ccc(Cl)cc2)cc(OO)c1. The third kappa shape index (κ3) is 3.75. The van der Waals surface area contributed by atoms with Gasteiger partial charge in [-0.2, -0.15) is 0 Å². The Labute approximate surface area is 131 Å². The van der Waals surface area contributed by atoms with Crippen LogP contribution < -0.4 is 15.4 Å². The maximum Gasteiger partial charge on any atom is 0.267 e. The average molecular weight is 321 g/mol. The maximum atomic E-state index is 11.6. The van der Waals surface area contributed by atoms with E-state index in [1.54, 1.807) is 30.3 Å². The second kappa shape index (κ2) is 6.93. The van der Waals surface area contributed by atoms with Crippen LogP contribution in [0, 0.1) is 0 Å². The van der Waals surface area contributed by atoms with Gasteiger partial charge in [0.25, 0.3) is 5.91 Å². The molecule has 1 amide bonds. The summed E-state index contributed by atoms with van der Waals surface area (Å²) < 4.78 is 5.07. The van der Waals surface area contributed by atoms with E-state index in [1.165, 1.54) is 19.2 Å². The number of amides is 1. The lowest BCUT2D eigenvalue weighted by Gasteiger charge is -2.06. The minimum Gasteiger partial charge on any atom is -0.497 e. The van der Waals surface area contributed by atoms with Crippen LogP contribution in [0.4, 0.5) is 5.69 Å². The molecule has 0 saturated carbocycles. The summed E-state index contributed by atoms with van der Waals surface area (Å²) in [5, 5.41) is 9.29. The molecule has 0 bridgehead atoms. The highest BCUT2D eigenvalue weighted by atomic mass is 35.5. The van der Waals surface area contributed by atoms with Crippen molar-refractivity contribution in [2.24, 2.45) is 10.7 Å². The average Bonchev–Trinajstić information content (AvgIpc) is 2.53. The summed E-state index contributed by atoms with van der Waals surface area (Å²) in [6, 6.07) is 11.0. The molecule has 0 heterocycles. The summed E-state index contributed by atoms with van der Waals surface area (Å²) in [6.07, 6.45) is 0. The molecule has 7 heteroatoms. The van der Waals surface area contributed by atoms with Gasteiger partial charge in [-0.15, -0.1) is 0 Å². The van der Waals surface area contributed by atoms with E-state index in [4.69, 9.17) is 27.3 Å². The van der Waals surface area contributed by atoms with Crippen LogP contribution in [0.5, 0.6) is 11.5 Å². The number of carbonyl (C=O) groups is 1. The van der Waals surface area contributed by atoms with E-state index >= 15 is 0 Å². The first-order valence-corrected chi connectivity index (χ1v) is 6.56. The van der Waals surface area contributed by atoms with Crippen molar-refractivity contribution in [1.29, 1.82) is 0 Å². The summed E-state index contributed by atoms with van der Waals surface area (Å²) in [5.74, 6) is -0.167. The molecular weight excluding hydrogens is 308 g/mol. The van der Waals surface area contributed by atoms with Gasteiger partial charge in [0.05, 0.1) is 12.8 Å². The third-order valence-electron chi connectivity index (χ3n) is 2.80. The Morgan fingerprint density at radius 1 is 1.18 bits per heavy atom. The molecule has 3 N–H and O–H groups in total. The van der Waals surface area contributed by atoms with Crippen LogP contribution >= 0.6 is 11.6 Å². The molecule has 2 rings (SSSR count). The number of halogens is 1. The van der Waals surface area contributed by atoms with Gasteiger partial charge in [0.1, 0.15) is 11.5 Å². The molecule has 2 aromatic carbocycles. The lowest BCUT2D eigenvalue weighted by molar-refractivity contribution is -0.137. The predicted molar refractivity (Wildman–Crippen MR) is 83.1 cm³/mol. The summed E-state index contributed by atoms with van der Waals surface area (Å²) >= 11 is 5.82. The number of aliphatic imine (C=N–C) groups is 1. The van der Waals surface area contributed by atoms with Crippen LogP contribution in [0.25, 0.3) is 0 Å². The van der Waals surface area contributed by atoms with Crippen molar-refractivity contribution in [3.63, 3.8) is 0 Å². The Kier molecular flexibility index (Phi) is 4.98. The molecule has 0 unspecified atom stereocenters. The number of methoxy groups -OCH3 is 1. The number of rotatable bonds is 5. The standard InChI is InChI=1S/C15H13ClN2O4/c1-21-12-6-11(7-13(8-12)22-20)18-14(15(17)19)9-2-4-10(16)5-3-9/h2-8,20H,1H3,(H2,17,19). The molecule has 22 heavy (non-hydrogen) atoms. The zero-order valence-corrected chi connectivity index (χ0v) is 12.4. The molecule has 0 aliphatic carbocycles. The normalized spacial score (nSPS) is 11.1. The number of nitrogens with zero attached hydrogens (tertiary/aromatic N) is 1. The van der Waals surface area contributed by atoms with Crippen LogP contribution in [0.15, 0.2) is 47.5 Å². The minimum absolute atomic E-state index is 0.0498. The summed E-state index contributed by atoms with van der Waals surface area (Å²) in [6.45, 7) is 0. The first-order valence-electron chi connectivity index (χ1n) is 6.18. The van der Waals surface area contributed by atoms with E-state index in [0.29, 0.717) is 22.0 Å². The third-order valence-corrected chi connectivity index (χ3v) is 3.05. The fourth-order valence-electron chi connectivity index (χ4n) is 1.79. The van der Waals surface area contributed by atoms with Crippen LogP contribution in [-0.2, 0) is 4.79 Å². The number of hydrogen-bond donors (Lipinski definition) is 2. The Morgan fingerprint density at radius 2 is 1.82 bits per heavy atom. The fourth-order valence-corrected chi connectivity index (χ4v) is 1.92. The van der Waals surface area contributed by atoms with Crippen LogP contribution in [0.3, 0.4) is 0 Å². The number of hydrogen-bond acceptors (Lipinski definition) is 5. The highest BCUT2D eigenvalue weighted by molar-refractivity contribution is 6.45. The van der Waals surface area contributed by atoms with Gasteiger partial charge in [-0.05, 0) is 12.1 Å². The van der Waals surface area contributed by atoms with Crippen molar-refractivity contribution in [3.8, 4) is 11.5 Å². The highest BCUT2D eigenvalue weighted by Crippen LogP contribution is 2.28. The van der Waals surface area contributed by atoms with E-state index in [2.05, 4.69) is 9.88 Å². The Hall–Kier alpha value is -2.57. The van der Waals surface area contributed by atoms with Gasteiger partial charge >= 0.3 is 0 Å². The van der Waals surface area contributed by atoms with Gasteiger partial charge in [-0.25, -0.2) is 10.2 Å². The monoisotopic (exact) mass is 320 g/mol. The van der Waals surface area contributed by atoms with Gasteiger partial charge in [0, 0.05) is 28.8 Å². The first kappa shape index (κ1) is 15.8. The second-order valence-corrected chi connectivity index (χ2v) is 4.73. The molecule has 0 aliphatic heterocycles. The van der Waals surface area contributed by atoms with Gasteiger partial charge in [0.2, 0.25) is 0 Å². The quantitative estimate of drug-likeness (QED) is 0.503. The van der Waals surface area contributed by atoms with Crippen molar-refractivity contribution in [1.82, 2.24) is 0 Å². The van der Waals surface area contributed by atoms with Gasteiger partial charge < -0.3 is 15.4 Å². The van der Waals surface area contributed by atoms with E-state index in [9.17, 15) is 4.79 Å². The lowest BCUT2D eigenvalue weighted by Crippen LogP contribution is -2.24. The highest BCUT2D eigenvalue weighted by Gasteiger charge is 2.12. The van der Waals surface area contributed by atoms with Crippen molar-refractivity contribution in [2.45, 2.75) is 0 Å². The number of benzene rings is 2. The van der Waals surface area contributed by atoms with Crippen LogP contribution in [0.1, 0.15) is 5.56 Å². The molecule has 0 aromatic heterocycles. The second-order valence-electron chi connectivity index (χ2n) is 4.29. The molecule has 0 radical (unpaired) electrons. The van der Waals surface area contributed by atoms with Crippen LogP contribution in [-0.4, -0.2) is 24.0 Å². The van der Waals surface area contributed by atoms with Gasteiger partial charge in [0.15, 0.2) is 5.75 Å². The van der Waals surface area contributed by atoms with E-state index in [1.807, 2.05) is 0 Å². The molecular formula is C15H13ClN2O4. The molecule has 0 aliphatic rings. The van der Waals surface area contributed by atoms with Crippen LogP contribution in [0.2, 0.25) is 5.02 Å². The van der Waals surface area contributed by atoms with Gasteiger partial charge in [-0.3, -0.25) is 4.79 Å². The first-order chi connectivity index (χ1) is 10.5. The molecule has 114 valence electrons. The number of nitrogens with two attached hydrogens (primary N) is 1. The number of primary amides is 1. The molecule has 0 saturated heterocycles. The fraction of sp³-hybridized carbons (Fsp3) is 0.0667. The van der Waals surface area contributed by atoms with E-state index < -0.39 is 5.91 Å². The minimum atomic E-state index is -0.698. The van der Waals surface area contributed by atoms with Gasteiger partial charge in [-0.1, -0.05) is 23.7 Å². The maximum absolute atomic E-state index is 11.6. The smallest absolute Gasteiger partial charge is 0.267 e. The van der Waals surface area contributed by atoms with Crippen molar-refractivity contribution >= 4 is 28.9 Å². The topological polar surface area (TPSA) is 94.1 Å². The number of carbonyl (C=O) groups excluding carboxylic acids is 1. The van der Waals surface area contributed by atoms with Crippen molar-refractivity contribution in [3.05, 3.63) is 53.1 Å². The van der Waals surface area contributed by atoms with Crippen molar-refractivity contribution < 1.29 is 19.7 Å². The Bertz CT molecular complexity index is 692. The molecule has 0 spiro atoms. The van der Waals surface area contributed by atoms with E-state index in [-0.39, 0.29) is 11.5 Å². The largest absolute Gasteiger partial charge is 0.497 e. The molecule has 0 atom stereocenters. The summed E-state index contributed by atoms with van der Waals surface area (Å²) in [4.78, 5) is 20.0. The predicted octanol–water partition coefficient (Wildman–Crippen LogP) is 2.81. The lowest BCUT2D eigenvalue weighted by atomic mass is 10.1. The zero-order valence-electron chi connectivity index (χ0n) is 11.6. The Morgan fingerprint density at radius 3 is 2.36 bits per heavy atom. The summed E-state index contributed by atoms with van der Waals surface area (Å²) in [7, 11) is 1.46.